The molecule has 0 aliphatic heterocycles. The molecule has 0 unspecified atom stereocenters. The van der Waals surface area contributed by atoms with Gasteiger partial charge in [0.1, 0.15) is 5.71 Å². The van der Waals surface area contributed by atoms with Crippen LogP contribution in [-0.2, 0) is 4.79 Å². The number of rotatable bonds is 2. The number of hydrogen-bond acceptors (Lipinski definition) is 3. The predicted octanol–water partition coefficient (Wildman–Crippen LogP) is 1.29. The van der Waals surface area contributed by atoms with Crippen molar-refractivity contribution in [1.29, 1.82) is 0 Å². The van der Waals surface area contributed by atoms with Gasteiger partial charge in [-0.25, -0.2) is 0 Å². The highest BCUT2D eigenvalue weighted by molar-refractivity contribution is 6.44. The van der Waals surface area contributed by atoms with Crippen LogP contribution in [-0.4, -0.2) is 18.5 Å². The SMILES string of the molecule is CN=C(C(C)=O)c1ccco1. The van der Waals surface area contributed by atoms with E-state index in [-0.39, 0.29) is 5.78 Å². The van der Waals surface area contributed by atoms with Gasteiger partial charge in [0, 0.05) is 14.0 Å². The van der Waals surface area contributed by atoms with Gasteiger partial charge in [0.15, 0.2) is 11.5 Å². The van der Waals surface area contributed by atoms with E-state index in [0.717, 1.165) is 0 Å². The Morgan fingerprint density at radius 3 is 2.73 bits per heavy atom. The van der Waals surface area contributed by atoms with Gasteiger partial charge in [-0.15, -0.1) is 0 Å². The molecule has 0 spiro atoms. The van der Waals surface area contributed by atoms with E-state index in [0.29, 0.717) is 11.5 Å². The number of furan rings is 1. The van der Waals surface area contributed by atoms with Crippen LogP contribution in [0.4, 0.5) is 0 Å². The molecule has 1 aromatic heterocycles. The summed E-state index contributed by atoms with van der Waals surface area (Å²) in [6, 6.07) is 3.44. The Morgan fingerprint density at radius 2 is 2.36 bits per heavy atom. The van der Waals surface area contributed by atoms with E-state index in [2.05, 4.69) is 4.99 Å². The van der Waals surface area contributed by atoms with E-state index in [9.17, 15) is 4.79 Å². The summed E-state index contributed by atoms with van der Waals surface area (Å²) in [4.78, 5) is 14.7. The van der Waals surface area contributed by atoms with Gasteiger partial charge in [-0.05, 0) is 12.1 Å². The van der Waals surface area contributed by atoms with Crippen LogP contribution in [0.2, 0.25) is 0 Å². The van der Waals surface area contributed by atoms with Gasteiger partial charge in [0.25, 0.3) is 0 Å². The zero-order valence-corrected chi connectivity index (χ0v) is 6.50. The average molecular weight is 151 g/mol. The van der Waals surface area contributed by atoms with Crippen LogP contribution in [0, 0.1) is 0 Å². The van der Waals surface area contributed by atoms with Crippen molar-refractivity contribution in [1.82, 2.24) is 0 Å². The molecular weight excluding hydrogens is 142 g/mol. The second kappa shape index (κ2) is 3.14. The molecule has 3 nitrogen and oxygen atoms in total. The third kappa shape index (κ3) is 1.55. The quantitative estimate of drug-likeness (QED) is 0.597. The minimum atomic E-state index is -0.0811. The number of hydrogen-bond donors (Lipinski definition) is 0. The first-order valence-electron chi connectivity index (χ1n) is 3.27. The molecule has 0 atom stereocenters. The smallest absolute Gasteiger partial charge is 0.181 e. The van der Waals surface area contributed by atoms with Crippen LogP contribution in [0.25, 0.3) is 0 Å². The van der Waals surface area contributed by atoms with Gasteiger partial charge in [-0.3, -0.25) is 9.79 Å². The highest BCUT2D eigenvalue weighted by Gasteiger charge is 2.09. The molecule has 0 aliphatic carbocycles. The van der Waals surface area contributed by atoms with Crippen LogP contribution in [0.3, 0.4) is 0 Å². The van der Waals surface area contributed by atoms with Crippen molar-refractivity contribution in [3.05, 3.63) is 24.2 Å². The monoisotopic (exact) mass is 151 g/mol. The Morgan fingerprint density at radius 1 is 1.64 bits per heavy atom. The Bertz CT molecular complexity index is 272. The van der Waals surface area contributed by atoms with Crippen molar-refractivity contribution in [2.24, 2.45) is 4.99 Å². The van der Waals surface area contributed by atoms with Crippen molar-refractivity contribution in [3.63, 3.8) is 0 Å². The lowest BCUT2D eigenvalue weighted by Gasteiger charge is -1.93. The van der Waals surface area contributed by atoms with E-state index in [4.69, 9.17) is 4.42 Å². The summed E-state index contributed by atoms with van der Waals surface area (Å²) in [7, 11) is 1.57. The first-order chi connectivity index (χ1) is 5.25. The summed E-state index contributed by atoms with van der Waals surface area (Å²) in [6.45, 7) is 1.46. The van der Waals surface area contributed by atoms with E-state index in [1.807, 2.05) is 0 Å². The molecule has 0 aromatic carbocycles. The molecule has 0 bridgehead atoms. The largest absolute Gasteiger partial charge is 0.463 e. The predicted molar refractivity (Wildman–Crippen MR) is 41.9 cm³/mol. The Labute approximate surface area is 64.7 Å². The third-order valence-electron chi connectivity index (χ3n) is 1.31. The summed E-state index contributed by atoms with van der Waals surface area (Å²) in [5, 5.41) is 0. The van der Waals surface area contributed by atoms with Crippen molar-refractivity contribution < 1.29 is 9.21 Å². The second-order valence-corrected chi connectivity index (χ2v) is 2.11. The van der Waals surface area contributed by atoms with Gasteiger partial charge in [-0.2, -0.15) is 0 Å². The maximum Gasteiger partial charge on any atom is 0.181 e. The Hall–Kier alpha value is -1.38. The van der Waals surface area contributed by atoms with Gasteiger partial charge in [0.2, 0.25) is 0 Å². The number of Topliss-reactive ketones (excluding diaryl/α,β-unsaturated/α-hetero) is 1. The van der Waals surface area contributed by atoms with Crippen LogP contribution >= 0.6 is 0 Å². The molecule has 1 heterocycles. The maximum atomic E-state index is 10.9. The number of aliphatic imine (C=N–C) groups is 1. The summed E-state index contributed by atoms with van der Waals surface area (Å²) >= 11 is 0. The number of carbonyl (C=O) groups excluding carboxylic acids is 1. The lowest BCUT2D eigenvalue weighted by Crippen LogP contribution is -2.09. The average Bonchev–Trinajstić information content (AvgIpc) is 2.40. The van der Waals surface area contributed by atoms with Crippen molar-refractivity contribution >= 4 is 11.5 Å². The summed E-state index contributed by atoms with van der Waals surface area (Å²) < 4.78 is 5.00. The first kappa shape index (κ1) is 7.72. The first-order valence-corrected chi connectivity index (χ1v) is 3.27. The molecule has 1 aromatic rings. The van der Waals surface area contributed by atoms with E-state index in [1.165, 1.54) is 13.2 Å². The summed E-state index contributed by atoms with van der Waals surface area (Å²) in [5.41, 5.74) is 0.384. The fourth-order valence-electron chi connectivity index (χ4n) is 0.854. The van der Waals surface area contributed by atoms with Gasteiger partial charge >= 0.3 is 0 Å². The molecule has 0 fully saturated rings. The molecule has 11 heavy (non-hydrogen) atoms. The lowest BCUT2D eigenvalue weighted by atomic mass is 10.2. The number of nitrogens with zero attached hydrogens (tertiary/aromatic N) is 1. The number of ketones is 1. The molecule has 0 amide bonds. The molecule has 0 N–H and O–H groups in total. The molecule has 0 radical (unpaired) electrons. The van der Waals surface area contributed by atoms with Crippen LogP contribution < -0.4 is 0 Å². The standard InChI is InChI=1S/C8H9NO2/c1-6(10)8(9-2)7-4-3-5-11-7/h3-5H,1-2H3. The topological polar surface area (TPSA) is 42.6 Å². The number of carbonyl (C=O) groups is 1. The van der Waals surface area contributed by atoms with Crippen molar-refractivity contribution in [3.8, 4) is 0 Å². The van der Waals surface area contributed by atoms with Crippen LogP contribution in [0.1, 0.15) is 12.7 Å². The van der Waals surface area contributed by atoms with Crippen LogP contribution in [0.15, 0.2) is 27.8 Å². The Kier molecular flexibility index (Phi) is 2.21. The Balaban J connectivity index is 2.99. The van der Waals surface area contributed by atoms with Gasteiger partial charge < -0.3 is 4.42 Å². The van der Waals surface area contributed by atoms with E-state index < -0.39 is 0 Å². The highest BCUT2D eigenvalue weighted by atomic mass is 16.3. The molecule has 0 saturated heterocycles. The van der Waals surface area contributed by atoms with Gasteiger partial charge in [-0.1, -0.05) is 0 Å². The normalized spacial score (nSPS) is 11.6. The van der Waals surface area contributed by atoms with Crippen molar-refractivity contribution in [2.45, 2.75) is 6.92 Å². The highest BCUT2D eigenvalue weighted by Crippen LogP contribution is 2.02. The fraction of sp³-hybridized carbons (Fsp3) is 0.250. The molecule has 0 saturated carbocycles. The third-order valence-corrected chi connectivity index (χ3v) is 1.31. The lowest BCUT2D eigenvalue weighted by molar-refractivity contribution is -0.111. The molecule has 1 rings (SSSR count). The summed E-state index contributed by atoms with van der Waals surface area (Å²) in [5.74, 6) is 0.447. The zero-order valence-electron chi connectivity index (χ0n) is 6.50. The maximum absolute atomic E-state index is 10.9. The minimum Gasteiger partial charge on any atom is -0.463 e. The summed E-state index contributed by atoms with van der Waals surface area (Å²) in [6.07, 6.45) is 1.52. The van der Waals surface area contributed by atoms with Crippen LogP contribution in [0.5, 0.6) is 0 Å². The molecule has 0 aliphatic rings. The molecule has 3 heteroatoms. The van der Waals surface area contributed by atoms with Crippen molar-refractivity contribution in [2.75, 3.05) is 7.05 Å². The zero-order chi connectivity index (χ0) is 8.27. The van der Waals surface area contributed by atoms with Gasteiger partial charge in [0.05, 0.1) is 6.26 Å². The van der Waals surface area contributed by atoms with E-state index in [1.54, 1.807) is 19.2 Å². The second-order valence-electron chi connectivity index (χ2n) is 2.11. The minimum absolute atomic E-state index is 0.0811. The molecule has 58 valence electrons. The van der Waals surface area contributed by atoms with E-state index >= 15 is 0 Å². The fourth-order valence-corrected chi connectivity index (χ4v) is 0.854. The molecular formula is C8H9NO2.